The van der Waals surface area contributed by atoms with Crippen molar-refractivity contribution in [2.75, 3.05) is 5.32 Å². The molecule has 5 rings (SSSR count). The molecule has 0 radical (unpaired) electrons. The molecule has 164 valence electrons. The number of carbonyl (C=O) groups excluding carboxylic acids is 1. The predicted molar refractivity (Wildman–Crippen MR) is 127 cm³/mol. The SMILES string of the molecule is Cc1cccc(COc2ccc([C@@H]3CC(=O)Nc4nc(-c5ccccc5)[nH]c(=O)c43)cc2)c1. The van der Waals surface area contributed by atoms with Gasteiger partial charge in [-0.25, -0.2) is 4.98 Å². The number of amides is 1. The van der Waals surface area contributed by atoms with Gasteiger partial charge in [0.1, 0.15) is 24.0 Å². The van der Waals surface area contributed by atoms with Crippen LogP contribution < -0.4 is 15.6 Å². The molecule has 0 bridgehead atoms. The molecule has 1 aliphatic rings. The molecule has 0 spiro atoms. The number of aryl methyl sites for hydroxylation is 1. The maximum atomic E-state index is 13.0. The Balaban J connectivity index is 1.41. The molecule has 33 heavy (non-hydrogen) atoms. The van der Waals surface area contributed by atoms with E-state index >= 15 is 0 Å². The van der Waals surface area contributed by atoms with Crippen molar-refractivity contribution in [3.63, 3.8) is 0 Å². The van der Waals surface area contributed by atoms with Crippen LogP contribution in [0, 0.1) is 6.92 Å². The van der Waals surface area contributed by atoms with Crippen molar-refractivity contribution >= 4 is 11.7 Å². The highest BCUT2D eigenvalue weighted by Gasteiger charge is 2.31. The van der Waals surface area contributed by atoms with Crippen LogP contribution in [-0.2, 0) is 11.4 Å². The van der Waals surface area contributed by atoms with E-state index in [4.69, 9.17) is 4.74 Å². The number of H-pyrrole nitrogens is 1. The van der Waals surface area contributed by atoms with E-state index in [0.717, 1.165) is 22.4 Å². The number of nitrogens with zero attached hydrogens (tertiary/aromatic N) is 1. The molecule has 1 atom stereocenters. The van der Waals surface area contributed by atoms with Gasteiger partial charge in [-0.15, -0.1) is 0 Å². The molecule has 0 saturated heterocycles. The summed E-state index contributed by atoms with van der Waals surface area (Å²) in [6.45, 7) is 2.53. The minimum atomic E-state index is -0.374. The zero-order valence-electron chi connectivity index (χ0n) is 18.2. The molecular formula is C27H23N3O3. The van der Waals surface area contributed by atoms with Crippen LogP contribution >= 0.6 is 0 Å². The number of carbonyl (C=O) groups is 1. The number of hydrogen-bond acceptors (Lipinski definition) is 4. The number of nitrogens with one attached hydrogen (secondary N) is 2. The highest BCUT2D eigenvalue weighted by Crippen LogP contribution is 2.35. The fourth-order valence-electron chi connectivity index (χ4n) is 4.15. The van der Waals surface area contributed by atoms with Crippen LogP contribution in [0.1, 0.15) is 34.6 Å². The van der Waals surface area contributed by atoms with Gasteiger partial charge in [0, 0.05) is 17.9 Å². The summed E-state index contributed by atoms with van der Waals surface area (Å²) in [6.07, 6.45) is 0.186. The number of ether oxygens (including phenoxy) is 1. The Kier molecular flexibility index (Phi) is 5.48. The quantitative estimate of drug-likeness (QED) is 0.470. The molecule has 1 aliphatic heterocycles. The Morgan fingerprint density at radius 2 is 1.76 bits per heavy atom. The van der Waals surface area contributed by atoms with Crippen molar-refractivity contribution in [1.82, 2.24) is 9.97 Å². The topological polar surface area (TPSA) is 84.1 Å². The van der Waals surface area contributed by atoms with Crippen LogP contribution in [0.2, 0.25) is 0 Å². The molecule has 0 unspecified atom stereocenters. The standard InChI is InChI=1S/C27H23N3O3/c1-17-6-5-7-18(14-17)16-33-21-12-10-19(11-13-21)22-15-23(31)28-26-24(22)27(32)30-25(29-26)20-8-3-2-4-9-20/h2-14,22H,15-16H2,1H3,(H2,28,29,30,31,32)/t22-/m0/s1. The summed E-state index contributed by atoms with van der Waals surface area (Å²) in [7, 11) is 0. The number of fused-ring (bicyclic) bond motifs is 1. The number of benzene rings is 3. The van der Waals surface area contributed by atoms with Gasteiger partial charge in [0.2, 0.25) is 5.91 Å². The van der Waals surface area contributed by atoms with Gasteiger partial charge >= 0.3 is 0 Å². The van der Waals surface area contributed by atoms with Crippen LogP contribution in [0.5, 0.6) is 5.75 Å². The summed E-state index contributed by atoms with van der Waals surface area (Å²) in [5, 5.41) is 2.77. The monoisotopic (exact) mass is 437 g/mol. The number of aromatic amines is 1. The van der Waals surface area contributed by atoms with Gasteiger partial charge in [-0.05, 0) is 30.2 Å². The van der Waals surface area contributed by atoms with Crippen molar-refractivity contribution in [3.8, 4) is 17.1 Å². The molecule has 6 heteroatoms. The smallest absolute Gasteiger partial charge is 0.257 e. The Morgan fingerprint density at radius 1 is 0.970 bits per heavy atom. The van der Waals surface area contributed by atoms with Gasteiger partial charge < -0.3 is 15.0 Å². The van der Waals surface area contributed by atoms with Crippen LogP contribution in [0.25, 0.3) is 11.4 Å². The second-order valence-corrected chi connectivity index (χ2v) is 8.19. The van der Waals surface area contributed by atoms with Crippen LogP contribution in [-0.4, -0.2) is 15.9 Å². The first-order valence-corrected chi connectivity index (χ1v) is 10.8. The third-order valence-corrected chi connectivity index (χ3v) is 5.77. The van der Waals surface area contributed by atoms with E-state index in [0.29, 0.717) is 23.8 Å². The van der Waals surface area contributed by atoms with Crippen molar-refractivity contribution < 1.29 is 9.53 Å². The fourth-order valence-corrected chi connectivity index (χ4v) is 4.15. The number of anilines is 1. The Morgan fingerprint density at radius 3 is 2.52 bits per heavy atom. The molecule has 0 fully saturated rings. The normalized spacial score (nSPS) is 14.9. The van der Waals surface area contributed by atoms with Gasteiger partial charge in [-0.3, -0.25) is 9.59 Å². The lowest BCUT2D eigenvalue weighted by Crippen LogP contribution is -2.31. The molecule has 3 aromatic carbocycles. The first kappa shape index (κ1) is 20.7. The molecule has 4 aromatic rings. The average Bonchev–Trinajstić information content (AvgIpc) is 2.83. The molecule has 0 aliphatic carbocycles. The Labute approximate surface area is 191 Å². The second kappa shape index (κ2) is 8.74. The predicted octanol–water partition coefficient (Wildman–Crippen LogP) is 4.80. The number of rotatable bonds is 5. The maximum Gasteiger partial charge on any atom is 0.257 e. The molecule has 2 heterocycles. The van der Waals surface area contributed by atoms with E-state index in [1.807, 2.05) is 66.7 Å². The summed E-state index contributed by atoms with van der Waals surface area (Å²) < 4.78 is 5.91. The van der Waals surface area contributed by atoms with E-state index in [-0.39, 0.29) is 23.8 Å². The highest BCUT2D eigenvalue weighted by atomic mass is 16.5. The minimum Gasteiger partial charge on any atom is -0.489 e. The van der Waals surface area contributed by atoms with E-state index in [9.17, 15) is 9.59 Å². The summed E-state index contributed by atoms with van der Waals surface area (Å²) in [4.78, 5) is 32.9. The molecule has 1 amide bonds. The van der Waals surface area contributed by atoms with Crippen LogP contribution in [0.15, 0.2) is 83.7 Å². The molecule has 0 saturated carbocycles. The molecule has 2 N–H and O–H groups in total. The summed E-state index contributed by atoms with van der Waals surface area (Å²) in [6, 6.07) is 25.1. The molecule has 6 nitrogen and oxygen atoms in total. The lowest BCUT2D eigenvalue weighted by molar-refractivity contribution is -0.116. The zero-order valence-corrected chi connectivity index (χ0v) is 18.2. The lowest BCUT2D eigenvalue weighted by Gasteiger charge is -2.24. The van der Waals surface area contributed by atoms with Crippen molar-refractivity contribution in [2.24, 2.45) is 0 Å². The maximum absolute atomic E-state index is 13.0. The molecule has 1 aromatic heterocycles. The van der Waals surface area contributed by atoms with Gasteiger partial charge in [0.25, 0.3) is 5.56 Å². The Bertz CT molecular complexity index is 1360. The third kappa shape index (κ3) is 4.41. The first-order valence-electron chi connectivity index (χ1n) is 10.8. The van der Waals surface area contributed by atoms with Gasteiger partial charge in [-0.1, -0.05) is 72.3 Å². The minimum absolute atomic E-state index is 0.163. The molecular weight excluding hydrogens is 414 g/mol. The van der Waals surface area contributed by atoms with Gasteiger partial charge in [0.05, 0.1) is 5.56 Å². The number of aromatic nitrogens is 2. The van der Waals surface area contributed by atoms with E-state index < -0.39 is 0 Å². The zero-order chi connectivity index (χ0) is 22.8. The summed E-state index contributed by atoms with van der Waals surface area (Å²) in [5.74, 6) is 0.941. The van der Waals surface area contributed by atoms with Crippen molar-refractivity contribution in [2.45, 2.75) is 25.9 Å². The van der Waals surface area contributed by atoms with E-state index in [1.165, 1.54) is 5.56 Å². The van der Waals surface area contributed by atoms with Crippen molar-refractivity contribution in [1.29, 1.82) is 0 Å². The van der Waals surface area contributed by atoms with E-state index in [1.54, 1.807) is 0 Å². The van der Waals surface area contributed by atoms with Gasteiger partial charge in [-0.2, -0.15) is 0 Å². The lowest BCUT2D eigenvalue weighted by atomic mass is 9.87. The fraction of sp³-hybridized carbons (Fsp3) is 0.148. The second-order valence-electron chi connectivity index (χ2n) is 8.19. The average molecular weight is 437 g/mol. The van der Waals surface area contributed by atoms with Gasteiger partial charge in [0.15, 0.2) is 0 Å². The third-order valence-electron chi connectivity index (χ3n) is 5.77. The van der Waals surface area contributed by atoms with Crippen molar-refractivity contribution in [3.05, 3.63) is 111 Å². The van der Waals surface area contributed by atoms with E-state index in [2.05, 4.69) is 34.3 Å². The Hall–Kier alpha value is -4.19. The highest BCUT2D eigenvalue weighted by molar-refractivity contribution is 5.94. The first-order chi connectivity index (χ1) is 16.1. The van der Waals surface area contributed by atoms with Crippen LogP contribution in [0.4, 0.5) is 5.82 Å². The van der Waals surface area contributed by atoms with Crippen LogP contribution in [0.3, 0.4) is 0 Å². The number of hydrogen-bond donors (Lipinski definition) is 2. The summed E-state index contributed by atoms with van der Waals surface area (Å²) >= 11 is 0. The summed E-state index contributed by atoms with van der Waals surface area (Å²) in [5.41, 5.74) is 4.17. The largest absolute Gasteiger partial charge is 0.489 e.